The van der Waals surface area contributed by atoms with Crippen molar-refractivity contribution in [1.82, 2.24) is 35.3 Å². The molecule has 2 aromatic heterocycles. The number of nitrogens with zero attached hydrogens (tertiary/aromatic N) is 6. The third kappa shape index (κ3) is 3.82. The number of benzene rings is 2. The van der Waals surface area contributed by atoms with Gasteiger partial charge in [-0.05, 0) is 40.6 Å². The number of aryl methyl sites for hydroxylation is 1. The zero-order chi connectivity index (χ0) is 21.2. The topological polar surface area (TPSA) is 111 Å². The Balaban J connectivity index is 1.48. The van der Waals surface area contributed by atoms with Crippen molar-refractivity contribution in [2.75, 3.05) is 6.79 Å². The maximum absolute atomic E-state index is 13.6. The van der Waals surface area contributed by atoms with Gasteiger partial charge in [0.05, 0.1) is 6.20 Å². The molecule has 1 aliphatic rings. The van der Waals surface area contributed by atoms with Gasteiger partial charge in [0.2, 0.25) is 6.79 Å². The third-order valence-electron chi connectivity index (χ3n) is 4.98. The molecule has 31 heavy (non-hydrogen) atoms. The van der Waals surface area contributed by atoms with Crippen molar-refractivity contribution >= 4 is 5.91 Å². The molecule has 0 fully saturated rings. The monoisotopic (exact) mass is 417 g/mol. The van der Waals surface area contributed by atoms with E-state index in [-0.39, 0.29) is 12.7 Å². The summed E-state index contributed by atoms with van der Waals surface area (Å²) in [6, 6.07) is 13.8. The number of nitrogens with one attached hydrogen (secondary N) is 1. The van der Waals surface area contributed by atoms with E-state index in [1.807, 2.05) is 43.3 Å². The number of hydrogen-bond donors (Lipinski definition) is 1. The lowest BCUT2D eigenvalue weighted by atomic mass is 10.1. The lowest BCUT2D eigenvalue weighted by Gasteiger charge is -2.23. The maximum atomic E-state index is 13.6. The minimum absolute atomic E-state index is 0.196. The van der Waals surface area contributed by atoms with E-state index in [9.17, 15) is 4.79 Å². The molecule has 0 aliphatic carbocycles. The van der Waals surface area contributed by atoms with Crippen LogP contribution in [0.15, 0.2) is 55.0 Å². The summed E-state index contributed by atoms with van der Waals surface area (Å²) in [5, 5.41) is 18.0. The molecule has 0 radical (unpaired) electrons. The summed E-state index contributed by atoms with van der Waals surface area (Å²) in [4.78, 5) is 15.3. The molecule has 2 aromatic carbocycles. The fourth-order valence-corrected chi connectivity index (χ4v) is 3.53. The molecule has 5 rings (SSSR count). The molecule has 0 spiro atoms. The van der Waals surface area contributed by atoms with Gasteiger partial charge in [0.1, 0.15) is 11.9 Å². The van der Waals surface area contributed by atoms with Crippen LogP contribution in [0.5, 0.6) is 11.5 Å². The van der Waals surface area contributed by atoms with Crippen LogP contribution in [-0.4, -0.2) is 48.0 Å². The average Bonchev–Trinajstić information content (AvgIpc) is 3.53. The van der Waals surface area contributed by atoms with E-state index < -0.39 is 0 Å². The van der Waals surface area contributed by atoms with Crippen molar-refractivity contribution < 1.29 is 14.3 Å². The Labute approximate surface area is 177 Å². The van der Waals surface area contributed by atoms with Crippen LogP contribution in [0.3, 0.4) is 0 Å². The number of hydrogen-bond acceptors (Lipinski definition) is 7. The van der Waals surface area contributed by atoms with Crippen molar-refractivity contribution in [2.24, 2.45) is 0 Å². The van der Waals surface area contributed by atoms with E-state index in [1.165, 1.54) is 17.2 Å². The smallest absolute Gasteiger partial charge is 0.259 e. The van der Waals surface area contributed by atoms with E-state index >= 15 is 0 Å². The minimum Gasteiger partial charge on any atom is -0.454 e. The number of tetrazole rings is 1. The Morgan fingerprint density at radius 2 is 1.97 bits per heavy atom. The molecule has 3 heterocycles. The molecule has 4 aromatic rings. The zero-order valence-corrected chi connectivity index (χ0v) is 16.7. The summed E-state index contributed by atoms with van der Waals surface area (Å²) in [7, 11) is 0. The molecule has 0 atom stereocenters. The van der Waals surface area contributed by atoms with Gasteiger partial charge in [-0.2, -0.15) is 9.78 Å². The maximum Gasteiger partial charge on any atom is 0.259 e. The van der Waals surface area contributed by atoms with Gasteiger partial charge >= 0.3 is 0 Å². The van der Waals surface area contributed by atoms with Crippen LogP contribution >= 0.6 is 0 Å². The number of aromatic nitrogens is 6. The first-order valence-electron chi connectivity index (χ1n) is 9.67. The summed E-state index contributed by atoms with van der Waals surface area (Å²) in [6.07, 6.45) is 2.90. The number of carbonyl (C=O) groups excluding carboxylic acids is 1. The average molecular weight is 417 g/mol. The second-order valence-electron chi connectivity index (χ2n) is 7.22. The first-order chi connectivity index (χ1) is 15.2. The molecule has 156 valence electrons. The number of fused-ring (bicyclic) bond motifs is 1. The van der Waals surface area contributed by atoms with Gasteiger partial charge in [0, 0.05) is 13.1 Å². The van der Waals surface area contributed by atoms with Crippen LogP contribution in [0, 0.1) is 6.92 Å². The standard InChI is InChI=1S/C21H19N7O3/c1-14-3-2-4-15(7-14)10-27(11-16-5-6-18-19(8-16)31-13-30-18)21(29)17-9-22-24-20(17)28-12-23-25-26-28/h2-9,12H,10-11,13H2,1H3,(H,22,24). The minimum atomic E-state index is -0.196. The lowest BCUT2D eigenvalue weighted by Crippen LogP contribution is -2.30. The Hall–Kier alpha value is -4.21. The Bertz CT molecular complexity index is 1220. The number of ether oxygens (including phenoxy) is 2. The molecular formula is C21H19N7O3. The van der Waals surface area contributed by atoms with Gasteiger partial charge in [-0.15, -0.1) is 5.10 Å². The van der Waals surface area contributed by atoms with E-state index in [0.29, 0.717) is 36.0 Å². The van der Waals surface area contributed by atoms with Crippen molar-refractivity contribution in [3.05, 3.63) is 77.2 Å². The molecule has 1 amide bonds. The Morgan fingerprint density at radius 3 is 2.77 bits per heavy atom. The first kappa shape index (κ1) is 18.8. The Kier molecular flexibility index (Phi) is 4.79. The molecule has 0 bridgehead atoms. The highest BCUT2D eigenvalue weighted by molar-refractivity contribution is 5.96. The van der Waals surface area contributed by atoms with Gasteiger partial charge in [-0.1, -0.05) is 35.9 Å². The predicted molar refractivity (Wildman–Crippen MR) is 109 cm³/mol. The first-order valence-corrected chi connectivity index (χ1v) is 9.67. The number of amides is 1. The SMILES string of the molecule is Cc1cccc(CN(Cc2ccc3c(c2)OCO3)C(=O)c2cn[nH]c2-n2cnnn2)c1. The van der Waals surface area contributed by atoms with Crippen LogP contribution in [0.1, 0.15) is 27.0 Å². The summed E-state index contributed by atoms with van der Waals surface area (Å²) in [5.74, 6) is 1.60. The fourth-order valence-electron chi connectivity index (χ4n) is 3.53. The second kappa shape index (κ2) is 7.90. The second-order valence-corrected chi connectivity index (χ2v) is 7.22. The van der Waals surface area contributed by atoms with Crippen molar-refractivity contribution in [3.63, 3.8) is 0 Å². The highest BCUT2D eigenvalue weighted by atomic mass is 16.7. The van der Waals surface area contributed by atoms with Crippen LogP contribution in [0.25, 0.3) is 5.82 Å². The third-order valence-corrected chi connectivity index (χ3v) is 4.98. The van der Waals surface area contributed by atoms with Gasteiger partial charge in [0.25, 0.3) is 5.91 Å². The Morgan fingerprint density at radius 1 is 1.13 bits per heavy atom. The van der Waals surface area contributed by atoms with Crippen LogP contribution < -0.4 is 9.47 Å². The van der Waals surface area contributed by atoms with Gasteiger partial charge < -0.3 is 14.4 Å². The lowest BCUT2D eigenvalue weighted by molar-refractivity contribution is 0.0729. The van der Waals surface area contributed by atoms with Crippen LogP contribution in [0.2, 0.25) is 0 Å². The van der Waals surface area contributed by atoms with E-state index in [4.69, 9.17) is 9.47 Å². The van der Waals surface area contributed by atoms with Gasteiger partial charge in [0.15, 0.2) is 17.3 Å². The predicted octanol–water partition coefficient (Wildman–Crippen LogP) is 2.27. The number of carbonyl (C=O) groups is 1. The summed E-state index contributed by atoms with van der Waals surface area (Å²) < 4.78 is 12.3. The molecule has 0 unspecified atom stereocenters. The number of rotatable bonds is 6. The molecule has 10 nitrogen and oxygen atoms in total. The quantitative estimate of drug-likeness (QED) is 0.512. The van der Waals surface area contributed by atoms with Crippen LogP contribution in [0.4, 0.5) is 0 Å². The van der Waals surface area contributed by atoms with Crippen molar-refractivity contribution in [2.45, 2.75) is 20.0 Å². The van der Waals surface area contributed by atoms with E-state index in [1.54, 1.807) is 4.90 Å². The molecule has 10 heteroatoms. The largest absolute Gasteiger partial charge is 0.454 e. The summed E-state index contributed by atoms with van der Waals surface area (Å²) in [5.41, 5.74) is 3.46. The molecule has 0 saturated carbocycles. The van der Waals surface area contributed by atoms with Gasteiger partial charge in [-0.3, -0.25) is 9.89 Å². The van der Waals surface area contributed by atoms with E-state index in [2.05, 4.69) is 31.8 Å². The van der Waals surface area contributed by atoms with Crippen LogP contribution in [-0.2, 0) is 13.1 Å². The van der Waals surface area contributed by atoms with E-state index in [0.717, 1.165) is 16.7 Å². The number of aromatic amines is 1. The summed E-state index contributed by atoms with van der Waals surface area (Å²) >= 11 is 0. The number of H-pyrrole nitrogens is 1. The van der Waals surface area contributed by atoms with Crippen molar-refractivity contribution in [3.8, 4) is 17.3 Å². The normalized spacial score (nSPS) is 12.2. The molecular weight excluding hydrogens is 398 g/mol. The summed E-state index contributed by atoms with van der Waals surface area (Å²) in [6.45, 7) is 3.03. The molecule has 1 N–H and O–H groups in total. The highest BCUT2D eigenvalue weighted by Gasteiger charge is 2.24. The highest BCUT2D eigenvalue weighted by Crippen LogP contribution is 2.33. The fraction of sp³-hybridized carbons (Fsp3) is 0.190. The zero-order valence-electron chi connectivity index (χ0n) is 16.7. The molecule has 1 aliphatic heterocycles. The van der Waals surface area contributed by atoms with Gasteiger partial charge in [-0.25, -0.2) is 0 Å². The molecule has 0 saturated heterocycles. The van der Waals surface area contributed by atoms with Crippen molar-refractivity contribution in [1.29, 1.82) is 0 Å².